The molecule has 0 aromatic heterocycles. The molecule has 4 aliphatic carbocycles. The molecule has 0 bridgehead atoms. The summed E-state index contributed by atoms with van der Waals surface area (Å²) < 4.78 is 0. The Balaban J connectivity index is 0.000000313. The highest BCUT2D eigenvalue weighted by Gasteiger charge is 2.61. The van der Waals surface area contributed by atoms with Gasteiger partial charge in [0, 0.05) is 18.3 Å². The topological polar surface area (TPSA) is 46.2 Å². The lowest BCUT2D eigenvalue weighted by atomic mass is 9.51. The minimum atomic E-state index is -0.124. The predicted molar refractivity (Wildman–Crippen MR) is 122 cm³/mol. The summed E-state index contributed by atoms with van der Waals surface area (Å²) in [7, 11) is 0. The summed E-state index contributed by atoms with van der Waals surface area (Å²) in [6.07, 6.45) is 15.3. The molecule has 166 valence electrons. The van der Waals surface area contributed by atoms with Crippen molar-refractivity contribution in [1.82, 2.24) is 5.32 Å². The minimum Gasteiger partial charge on any atom is -0.317 e. The smallest absolute Gasteiger partial charge is 0.156 e. The molecular formula is C27H41NO2. The summed E-state index contributed by atoms with van der Waals surface area (Å²) in [6.45, 7) is 9.19. The molecule has 4 atom stereocenters. The average Bonchev–Trinajstić information content (AvgIpc) is 3.06. The minimum absolute atomic E-state index is 0.124. The number of rotatable bonds is 2. The summed E-state index contributed by atoms with van der Waals surface area (Å²) in [5.74, 6) is 2.11. The summed E-state index contributed by atoms with van der Waals surface area (Å²) in [5, 5.41) is 3.28. The van der Waals surface area contributed by atoms with E-state index in [0.717, 1.165) is 32.1 Å². The van der Waals surface area contributed by atoms with Crippen molar-refractivity contribution in [1.29, 1.82) is 0 Å². The molecule has 0 aromatic carbocycles. The molecule has 5 rings (SSSR count). The Bertz CT molecular complexity index is 747. The van der Waals surface area contributed by atoms with Crippen LogP contribution in [0, 0.1) is 22.7 Å². The maximum Gasteiger partial charge on any atom is 0.156 e. The van der Waals surface area contributed by atoms with Gasteiger partial charge in [-0.15, -0.1) is 0 Å². The Hall–Kier alpha value is -1.22. The number of allylic oxidation sites excluding steroid dienone is 4. The van der Waals surface area contributed by atoms with Gasteiger partial charge in [0.2, 0.25) is 0 Å². The van der Waals surface area contributed by atoms with E-state index in [9.17, 15) is 9.59 Å². The van der Waals surface area contributed by atoms with Crippen molar-refractivity contribution in [3.63, 3.8) is 0 Å². The van der Waals surface area contributed by atoms with E-state index in [4.69, 9.17) is 0 Å². The van der Waals surface area contributed by atoms with Gasteiger partial charge in [-0.1, -0.05) is 32.8 Å². The van der Waals surface area contributed by atoms with Crippen LogP contribution in [0.5, 0.6) is 0 Å². The quantitative estimate of drug-likeness (QED) is 0.612. The molecule has 3 heteroatoms. The van der Waals surface area contributed by atoms with Crippen LogP contribution < -0.4 is 5.32 Å². The number of hydrogen-bond acceptors (Lipinski definition) is 3. The van der Waals surface area contributed by atoms with E-state index in [1.807, 2.05) is 13.0 Å². The lowest BCUT2D eigenvalue weighted by molar-refractivity contribution is -0.136. The average molecular weight is 412 g/mol. The molecule has 2 saturated carbocycles. The molecular weight excluding hydrogens is 370 g/mol. The standard InChI is InChI=1S/C22H30O2.C5H11N/c1-4-20(24)22(3)12-10-19-18-7-5-14-13-15(23)6-8-16(14)17(18)9-11-21(19,22)2;1-2-4-6-5-3-1/h13,18-19H,4-12H2,1-3H3;6H,1-5H2/t18-,19+,21+,22-;/m1./s1. The van der Waals surface area contributed by atoms with Gasteiger partial charge in [-0.3, -0.25) is 9.59 Å². The van der Waals surface area contributed by atoms with Gasteiger partial charge in [0.25, 0.3) is 0 Å². The van der Waals surface area contributed by atoms with Gasteiger partial charge in [-0.05, 0) is 105 Å². The van der Waals surface area contributed by atoms with Crippen molar-refractivity contribution in [2.24, 2.45) is 22.7 Å². The molecule has 0 amide bonds. The maximum atomic E-state index is 12.8. The first-order valence-corrected chi connectivity index (χ1v) is 12.6. The molecule has 0 spiro atoms. The van der Waals surface area contributed by atoms with Crippen molar-refractivity contribution in [3.05, 3.63) is 22.8 Å². The van der Waals surface area contributed by atoms with E-state index in [1.165, 1.54) is 56.3 Å². The van der Waals surface area contributed by atoms with Gasteiger partial charge in [0.05, 0.1) is 0 Å². The summed E-state index contributed by atoms with van der Waals surface area (Å²) in [6, 6.07) is 0. The van der Waals surface area contributed by atoms with Gasteiger partial charge >= 0.3 is 0 Å². The summed E-state index contributed by atoms with van der Waals surface area (Å²) in [5.41, 5.74) is 4.58. The van der Waals surface area contributed by atoms with E-state index in [0.29, 0.717) is 36.2 Å². The van der Waals surface area contributed by atoms with Crippen LogP contribution in [0.2, 0.25) is 0 Å². The van der Waals surface area contributed by atoms with Crippen molar-refractivity contribution in [2.45, 2.75) is 97.8 Å². The number of carbonyl (C=O) groups is 2. The zero-order valence-corrected chi connectivity index (χ0v) is 19.4. The highest BCUT2D eigenvalue weighted by molar-refractivity contribution is 5.93. The Kier molecular flexibility index (Phi) is 6.40. The number of hydrogen-bond donors (Lipinski definition) is 1. The fourth-order valence-electron chi connectivity index (χ4n) is 7.45. The van der Waals surface area contributed by atoms with E-state index >= 15 is 0 Å². The van der Waals surface area contributed by atoms with Gasteiger partial charge in [0.1, 0.15) is 5.78 Å². The van der Waals surface area contributed by atoms with Crippen molar-refractivity contribution < 1.29 is 9.59 Å². The van der Waals surface area contributed by atoms with Gasteiger partial charge in [-0.2, -0.15) is 0 Å². The highest BCUT2D eigenvalue weighted by Crippen LogP contribution is 2.67. The number of fused-ring (bicyclic) bond motifs is 4. The molecule has 1 heterocycles. The first-order chi connectivity index (χ1) is 14.4. The third-order valence-electron chi connectivity index (χ3n) is 9.48. The van der Waals surface area contributed by atoms with Crippen LogP contribution in [0.15, 0.2) is 22.8 Å². The molecule has 1 N–H and O–H groups in total. The molecule has 5 aliphatic rings. The van der Waals surface area contributed by atoms with Crippen molar-refractivity contribution in [3.8, 4) is 0 Å². The first-order valence-electron chi connectivity index (χ1n) is 12.6. The van der Waals surface area contributed by atoms with Gasteiger partial charge in [-0.25, -0.2) is 0 Å². The SMILES string of the molecule is C1CCNCC1.CCC(=O)[C@@]1(C)CC[C@H]2[C@@H]3CCC4=CC(=O)CCC4=C3CC[C@@]21C. The maximum absolute atomic E-state index is 12.8. The lowest BCUT2D eigenvalue weighted by Gasteiger charge is -2.52. The van der Waals surface area contributed by atoms with Gasteiger partial charge < -0.3 is 5.32 Å². The van der Waals surface area contributed by atoms with E-state index in [2.05, 4.69) is 19.2 Å². The van der Waals surface area contributed by atoms with Crippen LogP contribution in [0.1, 0.15) is 97.8 Å². The number of piperidine rings is 1. The Morgan fingerprint density at radius 3 is 2.43 bits per heavy atom. The third-order valence-corrected chi connectivity index (χ3v) is 9.48. The van der Waals surface area contributed by atoms with Crippen LogP contribution >= 0.6 is 0 Å². The normalized spacial score (nSPS) is 38.0. The monoisotopic (exact) mass is 411 g/mol. The highest BCUT2D eigenvalue weighted by atomic mass is 16.1. The molecule has 0 aromatic rings. The fourth-order valence-corrected chi connectivity index (χ4v) is 7.45. The summed E-state index contributed by atoms with van der Waals surface area (Å²) >= 11 is 0. The van der Waals surface area contributed by atoms with Crippen LogP contribution in [-0.2, 0) is 9.59 Å². The van der Waals surface area contributed by atoms with Crippen LogP contribution in [0.3, 0.4) is 0 Å². The molecule has 0 unspecified atom stereocenters. The van der Waals surface area contributed by atoms with E-state index < -0.39 is 0 Å². The Labute approximate surface area is 183 Å². The van der Waals surface area contributed by atoms with E-state index in [1.54, 1.807) is 5.57 Å². The van der Waals surface area contributed by atoms with Crippen molar-refractivity contribution in [2.75, 3.05) is 13.1 Å². The summed E-state index contributed by atoms with van der Waals surface area (Å²) in [4.78, 5) is 24.5. The number of nitrogens with one attached hydrogen (secondary N) is 1. The van der Waals surface area contributed by atoms with E-state index in [-0.39, 0.29) is 10.8 Å². The molecule has 3 nitrogen and oxygen atoms in total. The first kappa shape index (κ1) is 22.0. The fraction of sp³-hybridized carbons (Fsp3) is 0.778. The second kappa shape index (κ2) is 8.73. The second-order valence-corrected chi connectivity index (χ2v) is 10.8. The Morgan fingerprint density at radius 2 is 1.80 bits per heavy atom. The molecule has 1 saturated heterocycles. The van der Waals surface area contributed by atoms with Crippen LogP contribution in [0.4, 0.5) is 0 Å². The lowest BCUT2D eigenvalue weighted by Crippen LogP contribution is -2.47. The zero-order valence-electron chi connectivity index (χ0n) is 19.4. The zero-order chi connectivity index (χ0) is 21.4. The number of ketones is 2. The number of carbonyl (C=O) groups excluding carboxylic acids is 2. The molecule has 30 heavy (non-hydrogen) atoms. The molecule has 0 radical (unpaired) electrons. The Morgan fingerprint density at radius 1 is 1.03 bits per heavy atom. The van der Waals surface area contributed by atoms with Crippen LogP contribution in [0.25, 0.3) is 0 Å². The largest absolute Gasteiger partial charge is 0.317 e. The van der Waals surface area contributed by atoms with Crippen LogP contribution in [-0.4, -0.2) is 24.7 Å². The van der Waals surface area contributed by atoms with Gasteiger partial charge in [0.15, 0.2) is 5.78 Å². The number of Topliss-reactive ketones (excluding diaryl/α,β-unsaturated/α-hetero) is 1. The van der Waals surface area contributed by atoms with Crippen molar-refractivity contribution >= 4 is 11.6 Å². The third kappa shape index (κ3) is 3.66. The predicted octanol–water partition coefficient (Wildman–Crippen LogP) is 5.94. The molecule has 1 aliphatic heterocycles. The second-order valence-electron chi connectivity index (χ2n) is 10.8. The molecule has 3 fully saturated rings.